The SMILES string of the molecule is O=C(Nc1ccc(F)cc1F)c1coc(-c2ccc(Cl)c(Cl)c2)n1. The van der Waals surface area contributed by atoms with Gasteiger partial charge in [0.2, 0.25) is 5.89 Å². The van der Waals surface area contributed by atoms with Crippen LogP contribution in [0.15, 0.2) is 47.1 Å². The van der Waals surface area contributed by atoms with Crippen LogP contribution < -0.4 is 5.32 Å². The largest absolute Gasteiger partial charge is 0.444 e. The zero-order valence-electron chi connectivity index (χ0n) is 11.8. The van der Waals surface area contributed by atoms with Gasteiger partial charge in [-0.15, -0.1) is 0 Å². The lowest BCUT2D eigenvalue weighted by atomic mass is 10.2. The van der Waals surface area contributed by atoms with E-state index in [4.69, 9.17) is 27.6 Å². The van der Waals surface area contributed by atoms with Gasteiger partial charge in [-0.25, -0.2) is 13.8 Å². The summed E-state index contributed by atoms with van der Waals surface area (Å²) in [5.74, 6) is -2.18. The molecule has 0 aliphatic heterocycles. The van der Waals surface area contributed by atoms with E-state index in [1.165, 1.54) is 6.07 Å². The third-order valence-corrected chi connectivity index (χ3v) is 3.82. The molecule has 1 aromatic heterocycles. The van der Waals surface area contributed by atoms with Crippen molar-refractivity contribution in [3.05, 3.63) is 70.0 Å². The second kappa shape index (κ2) is 6.59. The van der Waals surface area contributed by atoms with Gasteiger partial charge in [0.15, 0.2) is 5.69 Å². The Kier molecular flexibility index (Phi) is 4.51. The first-order valence-corrected chi connectivity index (χ1v) is 7.37. The van der Waals surface area contributed by atoms with E-state index in [-0.39, 0.29) is 17.3 Å². The first-order valence-electron chi connectivity index (χ1n) is 6.61. The van der Waals surface area contributed by atoms with E-state index < -0.39 is 17.5 Å². The molecule has 24 heavy (non-hydrogen) atoms. The average molecular weight is 369 g/mol. The van der Waals surface area contributed by atoms with Crippen molar-refractivity contribution >= 4 is 34.8 Å². The number of carbonyl (C=O) groups excluding carboxylic acids is 1. The molecule has 0 saturated heterocycles. The Hall–Kier alpha value is -2.44. The fourth-order valence-corrected chi connectivity index (χ4v) is 2.22. The molecule has 0 bridgehead atoms. The summed E-state index contributed by atoms with van der Waals surface area (Å²) in [6.45, 7) is 0. The Morgan fingerprint density at radius 3 is 2.58 bits per heavy atom. The molecule has 3 rings (SSSR count). The van der Waals surface area contributed by atoms with Crippen LogP contribution in [-0.2, 0) is 0 Å². The Labute approximate surface area is 145 Å². The maximum Gasteiger partial charge on any atom is 0.277 e. The summed E-state index contributed by atoms with van der Waals surface area (Å²) in [5.41, 5.74) is 0.289. The molecular formula is C16H8Cl2F2N2O2. The fraction of sp³-hybridized carbons (Fsp3) is 0. The third-order valence-electron chi connectivity index (χ3n) is 3.08. The maximum atomic E-state index is 13.6. The Morgan fingerprint density at radius 2 is 1.88 bits per heavy atom. The predicted octanol–water partition coefficient (Wildman–Crippen LogP) is 5.18. The van der Waals surface area contributed by atoms with Crippen LogP contribution in [-0.4, -0.2) is 10.9 Å². The highest BCUT2D eigenvalue weighted by atomic mass is 35.5. The van der Waals surface area contributed by atoms with Gasteiger partial charge in [-0.05, 0) is 30.3 Å². The summed E-state index contributed by atoms with van der Waals surface area (Å²) >= 11 is 11.7. The number of oxazole rings is 1. The minimum atomic E-state index is -0.892. The van der Waals surface area contributed by atoms with Gasteiger partial charge in [0.05, 0.1) is 15.7 Å². The van der Waals surface area contributed by atoms with Crippen molar-refractivity contribution in [2.75, 3.05) is 5.32 Å². The molecule has 0 unspecified atom stereocenters. The summed E-state index contributed by atoms with van der Waals surface area (Å²) in [5, 5.41) is 2.97. The molecule has 0 aliphatic carbocycles. The molecule has 0 spiro atoms. The van der Waals surface area contributed by atoms with Crippen LogP contribution >= 0.6 is 23.2 Å². The number of benzene rings is 2. The standard InChI is InChI=1S/C16H8Cl2F2N2O2/c17-10-3-1-8(5-11(10)18)16-22-14(7-24-16)15(23)21-13-4-2-9(19)6-12(13)20/h1-7H,(H,21,23). The normalized spacial score (nSPS) is 10.7. The summed E-state index contributed by atoms with van der Waals surface area (Å²) in [4.78, 5) is 16.1. The summed E-state index contributed by atoms with van der Waals surface area (Å²) < 4.78 is 31.6. The molecular weight excluding hydrogens is 361 g/mol. The number of hydrogen-bond donors (Lipinski definition) is 1. The van der Waals surface area contributed by atoms with Crippen molar-refractivity contribution < 1.29 is 18.0 Å². The van der Waals surface area contributed by atoms with E-state index in [1.54, 1.807) is 12.1 Å². The van der Waals surface area contributed by atoms with Crippen LogP contribution in [0.2, 0.25) is 10.0 Å². The van der Waals surface area contributed by atoms with Crippen molar-refractivity contribution in [2.45, 2.75) is 0 Å². The van der Waals surface area contributed by atoms with Gasteiger partial charge in [-0.1, -0.05) is 23.2 Å². The van der Waals surface area contributed by atoms with Crippen LogP contribution in [0.5, 0.6) is 0 Å². The highest BCUT2D eigenvalue weighted by Crippen LogP contribution is 2.28. The number of aromatic nitrogens is 1. The van der Waals surface area contributed by atoms with E-state index >= 15 is 0 Å². The van der Waals surface area contributed by atoms with Gasteiger partial charge in [0, 0.05) is 11.6 Å². The smallest absolute Gasteiger partial charge is 0.277 e. The third kappa shape index (κ3) is 3.39. The van der Waals surface area contributed by atoms with Gasteiger partial charge >= 0.3 is 0 Å². The lowest BCUT2D eigenvalue weighted by Crippen LogP contribution is -2.13. The second-order valence-electron chi connectivity index (χ2n) is 4.75. The zero-order chi connectivity index (χ0) is 17.3. The van der Waals surface area contributed by atoms with Gasteiger partial charge in [0.1, 0.15) is 17.9 Å². The number of anilines is 1. The Bertz CT molecular complexity index is 928. The highest BCUT2D eigenvalue weighted by molar-refractivity contribution is 6.42. The topological polar surface area (TPSA) is 55.1 Å². The van der Waals surface area contributed by atoms with Crippen LogP contribution in [0.3, 0.4) is 0 Å². The first kappa shape index (κ1) is 16.4. The molecule has 0 radical (unpaired) electrons. The number of halogens is 4. The molecule has 8 heteroatoms. The first-order chi connectivity index (χ1) is 11.4. The second-order valence-corrected chi connectivity index (χ2v) is 5.56. The molecule has 1 amide bonds. The molecule has 0 fully saturated rings. The number of rotatable bonds is 3. The quantitative estimate of drug-likeness (QED) is 0.692. The van der Waals surface area contributed by atoms with E-state index in [0.29, 0.717) is 21.7 Å². The van der Waals surface area contributed by atoms with Crippen molar-refractivity contribution in [3.63, 3.8) is 0 Å². The highest BCUT2D eigenvalue weighted by Gasteiger charge is 2.16. The summed E-state index contributed by atoms with van der Waals surface area (Å²) in [7, 11) is 0. The number of nitrogens with zero attached hydrogens (tertiary/aromatic N) is 1. The van der Waals surface area contributed by atoms with Crippen molar-refractivity contribution in [1.29, 1.82) is 0 Å². The molecule has 1 heterocycles. The minimum absolute atomic E-state index is 0.0696. The number of carbonyl (C=O) groups is 1. The molecule has 3 aromatic rings. The molecule has 0 saturated carbocycles. The maximum absolute atomic E-state index is 13.6. The fourth-order valence-electron chi connectivity index (χ4n) is 1.92. The minimum Gasteiger partial charge on any atom is -0.444 e. The summed E-state index contributed by atoms with van der Waals surface area (Å²) in [6.07, 6.45) is 1.12. The molecule has 0 aliphatic rings. The van der Waals surface area contributed by atoms with E-state index in [9.17, 15) is 13.6 Å². The van der Waals surface area contributed by atoms with Crippen LogP contribution in [0, 0.1) is 11.6 Å². The van der Waals surface area contributed by atoms with Crippen molar-refractivity contribution in [2.24, 2.45) is 0 Å². The molecule has 1 N–H and O–H groups in total. The summed E-state index contributed by atoms with van der Waals surface area (Å²) in [6, 6.07) is 7.54. The lowest BCUT2D eigenvalue weighted by molar-refractivity contribution is 0.102. The Balaban J connectivity index is 1.82. The van der Waals surface area contributed by atoms with Gasteiger partial charge < -0.3 is 9.73 Å². The molecule has 2 aromatic carbocycles. The molecule has 122 valence electrons. The van der Waals surface area contributed by atoms with Crippen molar-refractivity contribution in [3.8, 4) is 11.5 Å². The van der Waals surface area contributed by atoms with Crippen LogP contribution in [0.1, 0.15) is 10.5 Å². The molecule has 0 atom stereocenters. The monoisotopic (exact) mass is 368 g/mol. The molecule has 4 nitrogen and oxygen atoms in total. The zero-order valence-corrected chi connectivity index (χ0v) is 13.3. The van der Waals surface area contributed by atoms with Crippen LogP contribution in [0.25, 0.3) is 11.5 Å². The predicted molar refractivity (Wildman–Crippen MR) is 86.3 cm³/mol. The Morgan fingerprint density at radius 1 is 1.08 bits per heavy atom. The van der Waals surface area contributed by atoms with Gasteiger partial charge in [0.25, 0.3) is 5.91 Å². The van der Waals surface area contributed by atoms with E-state index in [2.05, 4.69) is 10.3 Å². The van der Waals surface area contributed by atoms with Crippen molar-refractivity contribution in [1.82, 2.24) is 4.98 Å². The number of nitrogens with one attached hydrogen (secondary N) is 1. The number of hydrogen-bond acceptors (Lipinski definition) is 3. The van der Waals surface area contributed by atoms with Gasteiger partial charge in [-0.2, -0.15) is 0 Å². The average Bonchev–Trinajstić information content (AvgIpc) is 3.03. The van der Waals surface area contributed by atoms with E-state index in [1.807, 2.05) is 0 Å². The van der Waals surface area contributed by atoms with Crippen LogP contribution in [0.4, 0.5) is 14.5 Å². The lowest BCUT2D eigenvalue weighted by Gasteiger charge is -2.04. The van der Waals surface area contributed by atoms with Gasteiger partial charge in [-0.3, -0.25) is 4.79 Å². The number of amides is 1. The van der Waals surface area contributed by atoms with E-state index in [0.717, 1.165) is 18.4 Å².